The standard InChI is InChI=1S/C16H18F3N5O3/c17-16(18,19)8-22-14(25)9-2-1-5-24(7-9)23-12-10-3-4-20-13(10)21-6-11(12)15(26)27/h3-4,6,9H,1-2,5,7-8H2,(H,22,25)(H,26,27)(H2,20,21,23)/t9-/m0/s1. The first-order valence-electron chi connectivity index (χ1n) is 8.30. The molecule has 1 amide bonds. The molecule has 1 saturated heterocycles. The van der Waals surface area contributed by atoms with Gasteiger partial charge in [-0.3, -0.25) is 4.79 Å². The fourth-order valence-corrected chi connectivity index (χ4v) is 3.07. The topological polar surface area (TPSA) is 110 Å². The van der Waals surface area contributed by atoms with Gasteiger partial charge in [0.15, 0.2) is 0 Å². The third-order valence-corrected chi connectivity index (χ3v) is 4.34. The van der Waals surface area contributed by atoms with E-state index >= 15 is 0 Å². The van der Waals surface area contributed by atoms with Crippen LogP contribution in [0.15, 0.2) is 18.5 Å². The van der Waals surface area contributed by atoms with Gasteiger partial charge in [-0.05, 0) is 18.9 Å². The molecule has 0 unspecified atom stereocenters. The molecule has 1 aliphatic heterocycles. The first-order chi connectivity index (χ1) is 12.7. The summed E-state index contributed by atoms with van der Waals surface area (Å²) in [5.74, 6) is -2.45. The molecular formula is C16H18F3N5O3. The molecule has 0 aromatic carbocycles. The van der Waals surface area contributed by atoms with Crippen LogP contribution in [0.3, 0.4) is 0 Å². The molecular weight excluding hydrogens is 367 g/mol. The van der Waals surface area contributed by atoms with Gasteiger partial charge in [0.25, 0.3) is 0 Å². The number of H-pyrrole nitrogens is 1. The Morgan fingerprint density at radius 3 is 2.89 bits per heavy atom. The Kier molecular flexibility index (Phi) is 5.22. The molecule has 2 aromatic rings. The Balaban J connectivity index is 1.73. The van der Waals surface area contributed by atoms with E-state index in [0.717, 1.165) is 0 Å². The van der Waals surface area contributed by atoms with Gasteiger partial charge < -0.3 is 20.8 Å². The number of fused-ring (bicyclic) bond motifs is 1. The van der Waals surface area contributed by atoms with Crippen LogP contribution in [0.4, 0.5) is 18.9 Å². The number of pyridine rings is 1. The number of anilines is 1. The summed E-state index contributed by atoms with van der Waals surface area (Å²) in [4.78, 5) is 30.4. The number of halogens is 3. The predicted octanol–water partition coefficient (Wildman–Crippen LogP) is 1.98. The van der Waals surface area contributed by atoms with Crippen LogP contribution in [0.1, 0.15) is 23.2 Å². The average molecular weight is 385 g/mol. The zero-order valence-corrected chi connectivity index (χ0v) is 14.1. The van der Waals surface area contributed by atoms with Crippen molar-refractivity contribution < 1.29 is 27.9 Å². The van der Waals surface area contributed by atoms with Crippen molar-refractivity contribution in [3.05, 3.63) is 24.0 Å². The number of amides is 1. The van der Waals surface area contributed by atoms with Crippen LogP contribution in [-0.4, -0.2) is 57.8 Å². The molecule has 0 aliphatic carbocycles. The molecule has 3 rings (SSSR count). The molecule has 1 fully saturated rings. The summed E-state index contributed by atoms with van der Waals surface area (Å²) >= 11 is 0. The number of rotatable bonds is 5. The number of carbonyl (C=O) groups is 2. The molecule has 0 radical (unpaired) electrons. The monoisotopic (exact) mass is 385 g/mol. The second-order valence-corrected chi connectivity index (χ2v) is 6.32. The smallest absolute Gasteiger partial charge is 0.405 e. The van der Waals surface area contributed by atoms with Crippen molar-refractivity contribution in [1.82, 2.24) is 20.3 Å². The molecule has 3 heterocycles. The van der Waals surface area contributed by atoms with Crippen molar-refractivity contribution in [2.45, 2.75) is 19.0 Å². The summed E-state index contributed by atoms with van der Waals surface area (Å²) in [6.45, 7) is -0.680. The van der Waals surface area contributed by atoms with Crippen LogP contribution in [-0.2, 0) is 4.79 Å². The SMILES string of the molecule is O=C(O)c1cnc2[nH]ccc2c1NN1CCC[C@H](C(=O)NCC(F)(F)F)C1. The first kappa shape index (κ1) is 19.0. The largest absolute Gasteiger partial charge is 0.478 e. The summed E-state index contributed by atoms with van der Waals surface area (Å²) < 4.78 is 36.8. The molecule has 0 saturated carbocycles. The lowest BCUT2D eigenvalue weighted by atomic mass is 9.98. The maximum absolute atomic E-state index is 12.3. The lowest BCUT2D eigenvalue weighted by Gasteiger charge is -2.33. The fraction of sp³-hybridized carbons (Fsp3) is 0.438. The highest BCUT2D eigenvalue weighted by molar-refractivity contribution is 6.03. The van der Waals surface area contributed by atoms with Gasteiger partial charge in [0.1, 0.15) is 17.8 Å². The second-order valence-electron chi connectivity index (χ2n) is 6.32. The summed E-state index contributed by atoms with van der Waals surface area (Å²) in [6, 6.07) is 1.68. The van der Waals surface area contributed by atoms with Crippen LogP contribution in [0.5, 0.6) is 0 Å². The lowest BCUT2D eigenvalue weighted by Crippen LogP contribution is -2.47. The third-order valence-electron chi connectivity index (χ3n) is 4.34. The van der Waals surface area contributed by atoms with E-state index in [4.69, 9.17) is 0 Å². The molecule has 4 N–H and O–H groups in total. The first-order valence-corrected chi connectivity index (χ1v) is 8.30. The van der Waals surface area contributed by atoms with Gasteiger partial charge in [-0.1, -0.05) is 0 Å². The number of nitrogens with one attached hydrogen (secondary N) is 3. The van der Waals surface area contributed by atoms with Gasteiger partial charge in [-0.25, -0.2) is 14.8 Å². The van der Waals surface area contributed by atoms with Crippen LogP contribution in [0.25, 0.3) is 11.0 Å². The minimum absolute atomic E-state index is 0.0363. The molecule has 27 heavy (non-hydrogen) atoms. The number of nitrogens with zero attached hydrogens (tertiary/aromatic N) is 2. The fourth-order valence-electron chi connectivity index (χ4n) is 3.07. The highest BCUT2D eigenvalue weighted by Crippen LogP contribution is 2.27. The highest BCUT2D eigenvalue weighted by atomic mass is 19.4. The molecule has 8 nitrogen and oxygen atoms in total. The van der Waals surface area contributed by atoms with Crippen LogP contribution < -0.4 is 10.7 Å². The maximum Gasteiger partial charge on any atom is 0.405 e. The number of hydrogen-bond donors (Lipinski definition) is 4. The molecule has 1 aliphatic rings. The minimum Gasteiger partial charge on any atom is -0.478 e. The van der Waals surface area contributed by atoms with Gasteiger partial charge in [-0.2, -0.15) is 13.2 Å². The van der Waals surface area contributed by atoms with Crippen molar-refractivity contribution in [2.75, 3.05) is 25.1 Å². The van der Waals surface area contributed by atoms with E-state index in [-0.39, 0.29) is 12.1 Å². The highest BCUT2D eigenvalue weighted by Gasteiger charge is 2.32. The van der Waals surface area contributed by atoms with Crippen molar-refractivity contribution in [2.24, 2.45) is 5.92 Å². The Morgan fingerprint density at radius 2 is 2.19 bits per heavy atom. The van der Waals surface area contributed by atoms with Crippen LogP contribution in [0, 0.1) is 5.92 Å². The van der Waals surface area contributed by atoms with E-state index in [0.29, 0.717) is 36.1 Å². The van der Waals surface area contributed by atoms with Gasteiger partial charge in [0.2, 0.25) is 5.91 Å². The normalized spacial score (nSPS) is 18.4. The number of aromatic nitrogens is 2. The van der Waals surface area contributed by atoms with E-state index in [2.05, 4.69) is 15.4 Å². The number of carbonyl (C=O) groups excluding carboxylic acids is 1. The van der Waals surface area contributed by atoms with E-state index in [1.807, 2.05) is 5.32 Å². The molecule has 11 heteroatoms. The number of aromatic carboxylic acids is 1. The molecule has 0 spiro atoms. The number of hydrazine groups is 1. The summed E-state index contributed by atoms with van der Waals surface area (Å²) in [7, 11) is 0. The van der Waals surface area contributed by atoms with Crippen molar-refractivity contribution >= 4 is 28.6 Å². The number of carboxylic acid groups (broad SMARTS) is 1. The van der Waals surface area contributed by atoms with Crippen molar-refractivity contribution in [3.8, 4) is 0 Å². The van der Waals surface area contributed by atoms with E-state index in [1.165, 1.54) is 6.20 Å². The Bertz CT molecular complexity index is 851. The van der Waals surface area contributed by atoms with Gasteiger partial charge in [0, 0.05) is 30.9 Å². The summed E-state index contributed by atoms with van der Waals surface area (Å²) in [6.07, 6.45) is -0.570. The summed E-state index contributed by atoms with van der Waals surface area (Å²) in [5.41, 5.74) is 3.79. The number of hydrogen-bond acceptors (Lipinski definition) is 5. The van der Waals surface area contributed by atoms with E-state index < -0.39 is 30.5 Å². The third kappa shape index (κ3) is 4.48. The zero-order chi connectivity index (χ0) is 19.6. The maximum atomic E-state index is 12.3. The number of aromatic amines is 1. The lowest BCUT2D eigenvalue weighted by molar-refractivity contribution is -0.141. The number of alkyl halides is 3. The van der Waals surface area contributed by atoms with E-state index in [9.17, 15) is 27.9 Å². The van der Waals surface area contributed by atoms with Crippen LogP contribution >= 0.6 is 0 Å². The minimum atomic E-state index is -4.46. The van der Waals surface area contributed by atoms with Crippen molar-refractivity contribution in [3.63, 3.8) is 0 Å². The Morgan fingerprint density at radius 1 is 1.41 bits per heavy atom. The van der Waals surface area contributed by atoms with Gasteiger partial charge in [0.05, 0.1) is 11.6 Å². The van der Waals surface area contributed by atoms with E-state index in [1.54, 1.807) is 17.3 Å². The quantitative estimate of drug-likeness (QED) is 0.627. The zero-order valence-electron chi connectivity index (χ0n) is 14.1. The Labute approximate surface area is 151 Å². The average Bonchev–Trinajstić information content (AvgIpc) is 3.08. The summed E-state index contributed by atoms with van der Waals surface area (Å²) in [5, 5.41) is 13.5. The van der Waals surface area contributed by atoms with Crippen molar-refractivity contribution in [1.29, 1.82) is 0 Å². The van der Waals surface area contributed by atoms with Gasteiger partial charge >= 0.3 is 12.1 Å². The molecule has 2 aromatic heterocycles. The molecule has 0 bridgehead atoms. The second kappa shape index (κ2) is 7.43. The predicted molar refractivity (Wildman–Crippen MR) is 90.0 cm³/mol. The number of piperidine rings is 1. The van der Waals surface area contributed by atoms with Crippen LogP contribution in [0.2, 0.25) is 0 Å². The Hall–Kier alpha value is -2.82. The number of carboxylic acids is 1. The van der Waals surface area contributed by atoms with Gasteiger partial charge in [-0.15, -0.1) is 0 Å². The molecule has 146 valence electrons. The molecule has 1 atom stereocenters.